The van der Waals surface area contributed by atoms with E-state index in [4.69, 9.17) is 5.11 Å². The van der Waals surface area contributed by atoms with Crippen molar-refractivity contribution >= 4 is 17.8 Å². The number of benzene rings is 1. The summed E-state index contributed by atoms with van der Waals surface area (Å²) < 4.78 is 0. The Morgan fingerprint density at radius 3 is 2.45 bits per heavy atom. The van der Waals surface area contributed by atoms with Crippen molar-refractivity contribution in [1.29, 1.82) is 0 Å². The number of amides is 2. The molecule has 0 radical (unpaired) electrons. The number of nitrogens with one attached hydrogen (secondary N) is 2. The molecule has 0 aliphatic rings. The van der Waals surface area contributed by atoms with Gasteiger partial charge in [0.2, 0.25) is 5.91 Å². The summed E-state index contributed by atoms with van der Waals surface area (Å²) in [6, 6.07) is 8.28. The summed E-state index contributed by atoms with van der Waals surface area (Å²) in [6.45, 7) is 1.83. The molecule has 1 rings (SSSR count). The topological polar surface area (TPSA) is 95.5 Å². The van der Waals surface area contributed by atoms with Crippen molar-refractivity contribution in [2.24, 2.45) is 0 Å². The fraction of sp³-hybridized carbons (Fsp3) is 0.357. The quantitative estimate of drug-likeness (QED) is 0.687. The predicted octanol–water partition coefficient (Wildman–Crippen LogP) is 0.786. The molecule has 0 spiro atoms. The van der Waals surface area contributed by atoms with Crippen LogP contribution in [0.4, 0.5) is 0 Å². The highest BCUT2D eigenvalue weighted by molar-refractivity contribution is 5.94. The molecule has 20 heavy (non-hydrogen) atoms. The van der Waals surface area contributed by atoms with Crippen LogP contribution in [0, 0.1) is 0 Å². The summed E-state index contributed by atoms with van der Waals surface area (Å²) in [5.74, 6) is -1.49. The molecule has 1 atom stereocenters. The number of hydrogen-bond acceptors (Lipinski definition) is 3. The van der Waals surface area contributed by atoms with Gasteiger partial charge in [-0.15, -0.1) is 0 Å². The van der Waals surface area contributed by atoms with Gasteiger partial charge in [-0.1, -0.05) is 18.2 Å². The highest BCUT2D eigenvalue weighted by atomic mass is 16.4. The summed E-state index contributed by atoms with van der Waals surface area (Å²) >= 11 is 0. The van der Waals surface area contributed by atoms with Crippen molar-refractivity contribution in [2.75, 3.05) is 6.54 Å². The molecule has 2 amide bonds. The average Bonchev–Trinajstić information content (AvgIpc) is 2.38. The van der Waals surface area contributed by atoms with Gasteiger partial charge < -0.3 is 15.7 Å². The summed E-state index contributed by atoms with van der Waals surface area (Å²) in [4.78, 5) is 33.6. The summed E-state index contributed by atoms with van der Waals surface area (Å²) in [7, 11) is 0. The second kappa shape index (κ2) is 7.93. The van der Waals surface area contributed by atoms with Crippen LogP contribution >= 0.6 is 0 Å². The van der Waals surface area contributed by atoms with E-state index in [1.165, 1.54) is 0 Å². The van der Waals surface area contributed by atoms with Gasteiger partial charge in [0.05, 0.1) is 6.42 Å². The Labute approximate surface area is 117 Å². The smallest absolute Gasteiger partial charge is 0.305 e. The normalized spacial score (nSPS) is 11.4. The molecule has 3 N–H and O–H groups in total. The number of carboxylic acids is 1. The number of rotatable bonds is 7. The lowest BCUT2D eigenvalue weighted by Gasteiger charge is -2.11. The van der Waals surface area contributed by atoms with Gasteiger partial charge in [0, 0.05) is 24.6 Å². The molecular weight excluding hydrogens is 260 g/mol. The fourth-order valence-electron chi connectivity index (χ4n) is 1.64. The van der Waals surface area contributed by atoms with E-state index in [0.717, 1.165) is 0 Å². The maximum Gasteiger partial charge on any atom is 0.305 e. The van der Waals surface area contributed by atoms with Crippen LogP contribution in [-0.4, -0.2) is 35.5 Å². The van der Waals surface area contributed by atoms with Gasteiger partial charge in [-0.2, -0.15) is 0 Å². The fourth-order valence-corrected chi connectivity index (χ4v) is 1.64. The average molecular weight is 278 g/mol. The first kappa shape index (κ1) is 15.7. The van der Waals surface area contributed by atoms with Crippen molar-refractivity contribution in [1.82, 2.24) is 10.6 Å². The molecule has 1 aromatic carbocycles. The molecule has 0 aliphatic carbocycles. The summed E-state index contributed by atoms with van der Waals surface area (Å²) in [5, 5.41) is 13.7. The van der Waals surface area contributed by atoms with Crippen molar-refractivity contribution < 1.29 is 19.5 Å². The summed E-state index contributed by atoms with van der Waals surface area (Å²) in [5.41, 5.74) is 0.534. The third kappa shape index (κ3) is 5.99. The van der Waals surface area contributed by atoms with Gasteiger partial charge in [0.15, 0.2) is 0 Å². The second-order valence-electron chi connectivity index (χ2n) is 4.44. The van der Waals surface area contributed by atoms with Crippen molar-refractivity contribution in [3.05, 3.63) is 35.9 Å². The third-order valence-electron chi connectivity index (χ3n) is 2.56. The maximum absolute atomic E-state index is 11.7. The zero-order valence-corrected chi connectivity index (χ0v) is 11.3. The molecular formula is C14H18N2O4. The van der Waals surface area contributed by atoms with Gasteiger partial charge in [-0.25, -0.2) is 0 Å². The van der Waals surface area contributed by atoms with E-state index >= 15 is 0 Å². The molecule has 0 saturated carbocycles. The minimum Gasteiger partial charge on any atom is -0.481 e. The molecule has 6 nitrogen and oxygen atoms in total. The van der Waals surface area contributed by atoms with E-state index in [-0.39, 0.29) is 31.2 Å². The standard InChI is InChI=1S/C14H18N2O4/c1-10(9-13(18)19)16-12(17)7-8-15-14(20)11-5-3-2-4-6-11/h2-6,10H,7-9H2,1H3,(H,15,20)(H,16,17)(H,18,19). The predicted molar refractivity (Wildman–Crippen MR) is 73.2 cm³/mol. The Bertz CT molecular complexity index is 473. The van der Waals surface area contributed by atoms with Crippen LogP contribution in [0.15, 0.2) is 30.3 Å². The molecule has 0 heterocycles. The zero-order valence-electron chi connectivity index (χ0n) is 11.3. The first-order valence-electron chi connectivity index (χ1n) is 6.33. The lowest BCUT2D eigenvalue weighted by Crippen LogP contribution is -2.36. The van der Waals surface area contributed by atoms with Crippen LogP contribution < -0.4 is 10.6 Å². The molecule has 0 saturated heterocycles. The van der Waals surface area contributed by atoms with Crippen LogP contribution in [0.3, 0.4) is 0 Å². The van der Waals surface area contributed by atoms with Gasteiger partial charge in [0.1, 0.15) is 0 Å². The van der Waals surface area contributed by atoms with Crippen LogP contribution in [0.25, 0.3) is 0 Å². The molecule has 108 valence electrons. The molecule has 1 aromatic rings. The number of aliphatic carboxylic acids is 1. The van der Waals surface area contributed by atoms with E-state index in [1.807, 2.05) is 6.07 Å². The van der Waals surface area contributed by atoms with E-state index in [0.29, 0.717) is 5.56 Å². The summed E-state index contributed by atoms with van der Waals surface area (Å²) in [6.07, 6.45) is -0.00928. The highest BCUT2D eigenvalue weighted by Gasteiger charge is 2.11. The van der Waals surface area contributed by atoms with Gasteiger partial charge >= 0.3 is 5.97 Å². The first-order valence-corrected chi connectivity index (χ1v) is 6.33. The van der Waals surface area contributed by atoms with E-state index in [9.17, 15) is 14.4 Å². The molecule has 6 heteroatoms. The van der Waals surface area contributed by atoms with Crippen molar-refractivity contribution in [2.45, 2.75) is 25.8 Å². The number of hydrogen-bond donors (Lipinski definition) is 3. The van der Waals surface area contributed by atoms with Crippen molar-refractivity contribution in [3.8, 4) is 0 Å². The van der Waals surface area contributed by atoms with Crippen LogP contribution in [0.2, 0.25) is 0 Å². The lowest BCUT2D eigenvalue weighted by molar-refractivity contribution is -0.137. The van der Waals surface area contributed by atoms with Crippen LogP contribution in [0.1, 0.15) is 30.1 Å². The van der Waals surface area contributed by atoms with Crippen LogP contribution in [-0.2, 0) is 9.59 Å². The second-order valence-corrected chi connectivity index (χ2v) is 4.44. The Balaban J connectivity index is 2.25. The third-order valence-corrected chi connectivity index (χ3v) is 2.56. The number of carbonyl (C=O) groups excluding carboxylic acids is 2. The highest BCUT2D eigenvalue weighted by Crippen LogP contribution is 1.97. The molecule has 0 fully saturated rings. The van der Waals surface area contributed by atoms with Crippen LogP contribution in [0.5, 0.6) is 0 Å². The molecule has 1 unspecified atom stereocenters. The Morgan fingerprint density at radius 1 is 1.20 bits per heavy atom. The van der Waals surface area contributed by atoms with Gasteiger partial charge in [0.25, 0.3) is 5.91 Å². The number of carbonyl (C=O) groups is 3. The number of carboxylic acid groups (broad SMARTS) is 1. The minimum absolute atomic E-state index is 0.114. The van der Waals surface area contributed by atoms with E-state index in [1.54, 1.807) is 31.2 Å². The molecule has 0 aromatic heterocycles. The van der Waals surface area contributed by atoms with Gasteiger partial charge in [-0.3, -0.25) is 14.4 Å². The largest absolute Gasteiger partial charge is 0.481 e. The monoisotopic (exact) mass is 278 g/mol. The van der Waals surface area contributed by atoms with E-state index in [2.05, 4.69) is 10.6 Å². The Hall–Kier alpha value is -2.37. The minimum atomic E-state index is -0.963. The molecule has 0 aliphatic heterocycles. The Kier molecular flexibility index (Phi) is 6.22. The lowest BCUT2D eigenvalue weighted by atomic mass is 10.2. The first-order chi connectivity index (χ1) is 9.49. The van der Waals surface area contributed by atoms with Gasteiger partial charge in [-0.05, 0) is 19.1 Å². The SMILES string of the molecule is CC(CC(=O)O)NC(=O)CCNC(=O)c1ccccc1. The van der Waals surface area contributed by atoms with E-state index < -0.39 is 12.0 Å². The zero-order chi connectivity index (χ0) is 15.0. The Morgan fingerprint density at radius 2 is 1.85 bits per heavy atom. The molecule has 0 bridgehead atoms. The maximum atomic E-state index is 11.7. The van der Waals surface area contributed by atoms with Crippen molar-refractivity contribution in [3.63, 3.8) is 0 Å².